The minimum atomic E-state index is -3.27. The van der Waals surface area contributed by atoms with E-state index < -0.39 is 10.0 Å². The fraction of sp³-hybridized carbons (Fsp3) is 0.385. The van der Waals surface area contributed by atoms with Crippen LogP contribution in [0.25, 0.3) is 0 Å². The minimum Gasteiger partial charge on any atom is -0.212 e. The van der Waals surface area contributed by atoms with Gasteiger partial charge in [-0.05, 0) is 18.1 Å². The highest BCUT2D eigenvalue weighted by Crippen LogP contribution is 2.48. The van der Waals surface area contributed by atoms with Crippen molar-refractivity contribution >= 4 is 26.0 Å². The third-order valence-corrected chi connectivity index (χ3v) is 6.17. The van der Waals surface area contributed by atoms with Crippen molar-refractivity contribution in [3.05, 3.63) is 34.3 Å². The van der Waals surface area contributed by atoms with Crippen molar-refractivity contribution in [2.75, 3.05) is 13.6 Å². The van der Waals surface area contributed by atoms with E-state index in [-0.39, 0.29) is 17.7 Å². The Hall–Kier alpha value is -0.830. The number of terminal acetylenes is 1. The molecule has 1 aromatic rings. The summed E-state index contributed by atoms with van der Waals surface area (Å²) in [6.07, 6.45) is 5.82. The molecular formula is C13H14BrNO2S. The molecular weight excluding hydrogens is 314 g/mol. The summed E-state index contributed by atoms with van der Waals surface area (Å²) >= 11 is 3.46. The van der Waals surface area contributed by atoms with Crippen LogP contribution in [0.4, 0.5) is 0 Å². The van der Waals surface area contributed by atoms with Gasteiger partial charge in [0.15, 0.2) is 0 Å². The van der Waals surface area contributed by atoms with Crippen molar-refractivity contribution in [1.29, 1.82) is 0 Å². The van der Waals surface area contributed by atoms with E-state index in [1.807, 2.05) is 24.3 Å². The highest BCUT2D eigenvalue weighted by Gasteiger charge is 2.50. The Balaban J connectivity index is 2.17. The second-order valence-corrected chi connectivity index (χ2v) is 7.52. The van der Waals surface area contributed by atoms with Gasteiger partial charge in [-0.2, -0.15) is 4.31 Å². The molecule has 0 unspecified atom stereocenters. The van der Waals surface area contributed by atoms with Crippen molar-refractivity contribution < 1.29 is 8.42 Å². The predicted molar refractivity (Wildman–Crippen MR) is 75.7 cm³/mol. The van der Waals surface area contributed by atoms with Crippen LogP contribution in [0.5, 0.6) is 0 Å². The molecule has 0 bridgehead atoms. The number of hydrogen-bond acceptors (Lipinski definition) is 2. The van der Waals surface area contributed by atoms with E-state index >= 15 is 0 Å². The summed E-state index contributed by atoms with van der Waals surface area (Å²) < 4.78 is 26.6. The number of halogens is 1. The summed E-state index contributed by atoms with van der Waals surface area (Å²) in [7, 11) is -1.74. The molecule has 2 rings (SSSR count). The molecule has 0 amide bonds. The zero-order valence-electron chi connectivity index (χ0n) is 10.0. The molecule has 18 heavy (non-hydrogen) atoms. The van der Waals surface area contributed by atoms with Gasteiger partial charge in [0.1, 0.15) is 0 Å². The van der Waals surface area contributed by atoms with Crippen LogP contribution in [-0.4, -0.2) is 31.6 Å². The molecule has 2 atom stereocenters. The molecule has 96 valence electrons. The Morgan fingerprint density at radius 3 is 2.78 bits per heavy atom. The van der Waals surface area contributed by atoms with E-state index in [2.05, 4.69) is 21.9 Å². The van der Waals surface area contributed by atoms with E-state index in [0.29, 0.717) is 6.42 Å². The molecule has 0 spiro atoms. The highest BCUT2D eigenvalue weighted by molar-refractivity contribution is 9.10. The summed E-state index contributed by atoms with van der Waals surface area (Å²) in [5.74, 6) is 2.43. The van der Waals surface area contributed by atoms with Crippen LogP contribution < -0.4 is 0 Å². The summed E-state index contributed by atoms with van der Waals surface area (Å²) in [4.78, 5) is 0. The first-order valence-electron chi connectivity index (χ1n) is 5.61. The average Bonchev–Trinajstić information content (AvgIpc) is 3.10. The minimum absolute atomic E-state index is 0.0748. The standard InChI is InChI=1S/C13H14BrNO2S/c1-3-8-15(2)18(16,17)13-9-11(13)10-6-4-5-7-12(10)14/h1,4-7,11,13H,8-9H2,2H3/t11-,13+/m0/s1. The van der Waals surface area contributed by atoms with Crippen molar-refractivity contribution in [3.8, 4) is 12.3 Å². The number of sulfonamides is 1. The molecule has 1 fully saturated rings. The summed E-state index contributed by atoms with van der Waals surface area (Å²) in [5, 5.41) is -0.338. The van der Waals surface area contributed by atoms with Crippen LogP contribution in [0.2, 0.25) is 0 Å². The Kier molecular flexibility index (Phi) is 3.81. The van der Waals surface area contributed by atoms with Crippen molar-refractivity contribution in [2.45, 2.75) is 17.6 Å². The summed E-state index contributed by atoms with van der Waals surface area (Å²) in [6.45, 7) is 0.127. The van der Waals surface area contributed by atoms with Crippen LogP contribution in [0, 0.1) is 12.3 Å². The molecule has 1 saturated carbocycles. The molecule has 3 nitrogen and oxygen atoms in total. The first-order chi connectivity index (χ1) is 8.48. The largest absolute Gasteiger partial charge is 0.218 e. The smallest absolute Gasteiger partial charge is 0.212 e. The molecule has 0 aromatic heterocycles. The molecule has 0 N–H and O–H groups in total. The Labute approximate surface area is 116 Å². The van der Waals surface area contributed by atoms with Gasteiger partial charge in [-0.1, -0.05) is 40.0 Å². The molecule has 0 saturated heterocycles. The molecule has 5 heteroatoms. The van der Waals surface area contributed by atoms with Gasteiger partial charge in [0.05, 0.1) is 11.8 Å². The van der Waals surface area contributed by atoms with E-state index in [0.717, 1.165) is 10.0 Å². The van der Waals surface area contributed by atoms with Crippen LogP contribution in [0.3, 0.4) is 0 Å². The van der Waals surface area contributed by atoms with E-state index in [1.165, 1.54) is 11.4 Å². The van der Waals surface area contributed by atoms with Gasteiger partial charge in [-0.25, -0.2) is 8.42 Å². The van der Waals surface area contributed by atoms with Gasteiger partial charge in [0, 0.05) is 17.4 Å². The second-order valence-electron chi connectivity index (χ2n) is 4.41. The van der Waals surface area contributed by atoms with Gasteiger partial charge in [0.2, 0.25) is 10.0 Å². The van der Waals surface area contributed by atoms with E-state index in [1.54, 1.807) is 0 Å². The Morgan fingerprint density at radius 2 is 2.17 bits per heavy atom. The molecule has 1 aliphatic rings. The zero-order valence-corrected chi connectivity index (χ0v) is 12.4. The van der Waals surface area contributed by atoms with Gasteiger partial charge in [-0.15, -0.1) is 6.42 Å². The normalized spacial score (nSPS) is 22.8. The number of nitrogens with zero attached hydrogens (tertiary/aromatic N) is 1. The van der Waals surface area contributed by atoms with Crippen molar-refractivity contribution in [3.63, 3.8) is 0 Å². The monoisotopic (exact) mass is 327 g/mol. The van der Waals surface area contributed by atoms with Crippen LogP contribution >= 0.6 is 15.9 Å². The molecule has 0 heterocycles. The maximum absolute atomic E-state index is 12.2. The lowest BCUT2D eigenvalue weighted by Crippen LogP contribution is -2.31. The maximum atomic E-state index is 12.2. The fourth-order valence-corrected chi connectivity index (χ4v) is 4.36. The zero-order chi connectivity index (χ0) is 13.3. The maximum Gasteiger partial charge on any atom is 0.218 e. The second kappa shape index (κ2) is 5.04. The van der Waals surface area contributed by atoms with Crippen molar-refractivity contribution in [2.24, 2.45) is 0 Å². The third kappa shape index (κ3) is 2.46. The Morgan fingerprint density at radius 1 is 1.50 bits per heavy atom. The van der Waals surface area contributed by atoms with Gasteiger partial charge >= 0.3 is 0 Å². The first kappa shape index (κ1) is 13.6. The van der Waals surface area contributed by atoms with Gasteiger partial charge < -0.3 is 0 Å². The SMILES string of the molecule is C#CCN(C)S(=O)(=O)[C@@H]1C[C@H]1c1ccccc1Br. The average molecular weight is 328 g/mol. The number of benzene rings is 1. The van der Waals surface area contributed by atoms with Crippen LogP contribution in [0.1, 0.15) is 17.9 Å². The van der Waals surface area contributed by atoms with Crippen LogP contribution in [0.15, 0.2) is 28.7 Å². The number of hydrogen-bond donors (Lipinski definition) is 0. The Bertz CT molecular complexity index is 591. The lowest BCUT2D eigenvalue weighted by Gasteiger charge is -2.14. The van der Waals surface area contributed by atoms with Crippen molar-refractivity contribution in [1.82, 2.24) is 4.31 Å². The molecule has 1 aliphatic carbocycles. The molecule has 0 aliphatic heterocycles. The van der Waals surface area contributed by atoms with Crippen LogP contribution in [-0.2, 0) is 10.0 Å². The lowest BCUT2D eigenvalue weighted by atomic mass is 10.1. The van der Waals surface area contributed by atoms with Gasteiger partial charge in [-0.3, -0.25) is 0 Å². The van der Waals surface area contributed by atoms with E-state index in [9.17, 15) is 8.42 Å². The topological polar surface area (TPSA) is 37.4 Å². The summed E-state index contributed by atoms with van der Waals surface area (Å²) in [5.41, 5.74) is 1.06. The number of rotatable bonds is 4. The molecule has 0 radical (unpaired) electrons. The lowest BCUT2D eigenvalue weighted by molar-refractivity contribution is 0.501. The van der Waals surface area contributed by atoms with E-state index in [4.69, 9.17) is 6.42 Å². The first-order valence-corrected chi connectivity index (χ1v) is 7.91. The molecule has 1 aromatic carbocycles. The third-order valence-electron chi connectivity index (χ3n) is 3.17. The predicted octanol–water partition coefficient (Wildman–Crippen LogP) is 2.20. The highest BCUT2D eigenvalue weighted by atomic mass is 79.9. The summed E-state index contributed by atoms with van der Waals surface area (Å²) in [6, 6.07) is 7.74. The fourth-order valence-electron chi connectivity index (χ4n) is 2.05. The van der Waals surface area contributed by atoms with Gasteiger partial charge in [0.25, 0.3) is 0 Å². The quantitative estimate of drug-likeness (QED) is 0.795.